The zero-order chi connectivity index (χ0) is 18.4. The molecule has 6 nitrogen and oxygen atoms in total. The van der Waals surface area contributed by atoms with Gasteiger partial charge in [-0.3, -0.25) is 9.59 Å². The molecular formula is C17H23BrN2O4S. The van der Waals surface area contributed by atoms with Crippen LogP contribution in [-0.2, 0) is 14.8 Å². The zero-order valence-electron chi connectivity index (χ0n) is 14.2. The summed E-state index contributed by atoms with van der Waals surface area (Å²) in [4.78, 5) is 24.0. The SMILES string of the molecule is CS(=O)(=O)N1CCC(CNC(=O)CCC(=O)c2ccc(Br)cc2)CC1. The van der Waals surface area contributed by atoms with Gasteiger partial charge in [-0.1, -0.05) is 28.1 Å². The first-order chi connectivity index (χ1) is 11.8. The molecule has 1 aliphatic rings. The third-order valence-electron chi connectivity index (χ3n) is 4.38. The van der Waals surface area contributed by atoms with Crippen molar-refractivity contribution in [1.82, 2.24) is 9.62 Å². The molecule has 0 aliphatic carbocycles. The Balaban J connectivity index is 1.68. The molecule has 25 heavy (non-hydrogen) atoms. The number of nitrogens with one attached hydrogen (secondary N) is 1. The fraction of sp³-hybridized carbons (Fsp3) is 0.529. The minimum atomic E-state index is -3.12. The van der Waals surface area contributed by atoms with Crippen molar-refractivity contribution in [2.24, 2.45) is 5.92 Å². The first-order valence-electron chi connectivity index (χ1n) is 8.26. The number of carbonyl (C=O) groups excluding carboxylic acids is 2. The number of nitrogens with zero attached hydrogens (tertiary/aromatic N) is 1. The third-order valence-corrected chi connectivity index (χ3v) is 6.21. The highest BCUT2D eigenvalue weighted by molar-refractivity contribution is 9.10. The number of benzene rings is 1. The van der Waals surface area contributed by atoms with E-state index in [1.165, 1.54) is 10.6 Å². The molecule has 1 aromatic carbocycles. The van der Waals surface area contributed by atoms with Gasteiger partial charge >= 0.3 is 0 Å². The molecular weight excluding hydrogens is 408 g/mol. The number of hydrogen-bond acceptors (Lipinski definition) is 4. The topological polar surface area (TPSA) is 83.6 Å². The molecule has 0 unspecified atom stereocenters. The summed E-state index contributed by atoms with van der Waals surface area (Å²) >= 11 is 3.32. The summed E-state index contributed by atoms with van der Waals surface area (Å²) in [6, 6.07) is 7.08. The van der Waals surface area contributed by atoms with Crippen molar-refractivity contribution in [3.05, 3.63) is 34.3 Å². The summed E-state index contributed by atoms with van der Waals surface area (Å²) in [5.41, 5.74) is 0.601. The van der Waals surface area contributed by atoms with Gasteiger partial charge < -0.3 is 5.32 Å². The number of amides is 1. The van der Waals surface area contributed by atoms with Crippen molar-refractivity contribution in [3.63, 3.8) is 0 Å². The number of sulfonamides is 1. The predicted octanol–water partition coefficient (Wildman–Crippen LogP) is 2.20. The van der Waals surface area contributed by atoms with Gasteiger partial charge in [0.2, 0.25) is 15.9 Å². The molecule has 1 heterocycles. The van der Waals surface area contributed by atoms with E-state index in [2.05, 4.69) is 21.2 Å². The van der Waals surface area contributed by atoms with Gasteiger partial charge in [-0.15, -0.1) is 0 Å². The molecule has 0 radical (unpaired) electrons. The summed E-state index contributed by atoms with van der Waals surface area (Å²) in [6.45, 7) is 1.53. The number of carbonyl (C=O) groups is 2. The molecule has 1 N–H and O–H groups in total. The monoisotopic (exact) mass is 430 g/mol. The van der Waals surface area contributed by atoms with Gasteiger partial charge in [0.15, 0.2) is 5.78 Å². The van der Waals surface area contributed by atoms with E-state index in [9.17, 15) is 18.0 Å². The van der Waals surface area contributed by atoms with Crippen molar-refractivity contribution in [2.45, 2.75) is 25.7 Å². The molecule has 138 valence electrons. The Morgan fingerprint density at radius 2 is 1.76 bits per heavy atom. The van der Waals surface area contributed by atoms with Crippen LogP contribution in [0.25, 0.3) is 0 Å². The zero-order valence-corrected chi connectivity index (χ0v) is 16.6. The van der Waals surface area contributed by atoms with Crippen LogP contribution < -0.4 is 5.32 Å². The first-order valence-corrected chi connectivity index (χ1v) is 10.9. The number of rotatable bonds is 7. The van der Waals surface area contributed by atoms with E-state index in [-0.39, 0.29) is 30.4 Å². The predicted molar refractivity (Wildman–Crippen MR) is 99.9 cm³/mol. The van der Waals surface area contributed by atoms with E-state index in [1.807, 2.05) is 0 Å². The van der Waals surface area contributed by atoms with Crippen LogP contribution in [0.5, 0.6) is 0 Å². The van der Waals surface area contributed by atoms with Gasteiger partial charge in [0.1, 0.15) is 0 Å². The van der Waals surface area contributed by atoms with Crippen LogP contribution in [0.2, 0.25) is 0 Å². The minimum absolute atomic E-state index is 0.0517. The Kier molecular flexibility index (Phi) is 7.15. The number of piperidine rings is 1. The van der Waals surface area contributed by atoms with Gasteiger partial charge in [-0.25, -0.2) is 12.7 Å². The van der Waals surface area contributed by atoms with Crippen molar-refractivity contribution >= 4 is 37.6 Å². The Bertz CT molecular complexity index is 711. The van der Waals surface area contributed by atoms with E-state index < -0.39 is 10.0 Å². The van der Waals surface area contributed by atoms with E-state index in [1.54, 1.807) is 24.3 Å². The average Bonchev–Trinajstić information content (AvgIpc) is 2.58. The van der Waals surface area contributed by atoms with Crippen molar-refractivity contribution < 1.29 is 18.0 Å². The number of ketones is 1. The van der Waals surface area contributed by atoms with Gasteiger partial charge in [-0.2, -0.15) is 0 Å². The Morgan fingerprint density at radius 3 is 2.32 bits per heavy atom. The standard InChI is InChI=1S/C17H23BrN2O4S/c1-25(23,24)20-10-8-13(9-11-20)12-19-17(22)7-6-16(21)14-2-4-15(18)5-3-14/h2-5,13H,6-12H2,1H3,(H,19,22). The Hall–Kier alpha value is -1.25. The normalized spacial score (nSPS) is 16.6. The molecule has 0 bridgehead atoms. The van der Waals surface area contributed by atoms with Crippen LogP contribution in [0, 0.1) is 5.92 Å². The molecule has 1 aromatic rings. The lowest BCUT2D eigenvalue weighted by molar-refractivity contribution is -0.121. The summed E-state index contributed by atoms with van der Waals surface area (Å²) in [5, 5.41) is 2.86. The number of halogens is 1. The molecule has 1 fully saturated rings. The lowest BCUT2D eigenvalue weighted by Crippen LogP contribution is -2.41. The summed E-state index contributed by atoms with van der Waals surface area (Å²) < 4.78 is 25.3. The molecule has 0 saturated carbocycles. The maximum Gasteiger partial charge on any atom is 0.220 e. The van der Waals surface area contributed by atoms with E-state index in [0.29, 0.717) is 25.2 Å². The highest BCUT2D eigenvalue weighted by Crippen LogP contribution is 2.18. The summed E-state index contributed by atoms with van der Waals surface area (Å²) in [5.74, 6) is 0.0873. The average molecular weight is 431 g/mol. The van der Waals surface area contributed by atoms with Gasteiger partial charge in [0, 0.05) is 42.5 Å². The van der Waals surface area contributed by atoms with Crippen LogP contribution in [0.4, 0.5) is 0 Å². The molecule has 0 atom stereocenters. The Labute approximate surface area is 157 Å². The van der Waals surface area contributed by atoms with Crippen LogP contribution in [0.3, 0.4) is 0 Å². The molecule has 1 amide bonds. The van der Waals surface area contributed by atoms with Crippen LogP contribution in [0.15, 0.2) is 28.7 Å². The summed E-state index contributed by atoms with van der Waals surface area (Å²) in [7, 11) is -3.12. The highest BCUT2D eigenvalue weighted by Gasteiger charge is 2.25. The fourth-order valence-electron chi connectivity index (χ4n) is 2.80. The Morgan fingerprint density at radius 1 is 1.16 bits per heavy atom. The molecule has 0 spiro atoms. The van der Waals surface area contributed by atoms with Crippen LogP contribution in [0.1, 0.15) is 36.0 Å². The second kappa shape index (κ2) is 8.91. The largest absolute Gasteiger partial charge is 0.356 e. The second-order valence-corrected chi connectivity index (χ2v) is 9.24. The van der Waals surface area contributed by atoms with Gasteiger partial charge in [0.25, 0.3) is 0 Å². The van der Waals surface area contributed by atoms with E-state index in [0.717, 1.165) is 17.3 Å². The van der Waals surface area contributed by atoms with Gasteiger partial charge in [0.05, 0.1) is 6.26 Å². The molecule has 0 aromatic heterocycles. The highest BCUT2D eigenvalue weighted by atomic mass is 79.9. The minimum Gasteiger partial charge on any atom is -0.356 e. The van der Waals surface area contributed by atoms with Crippen LogP contribution >= 0.6 is 15.9 Å². The smallest absolute Gasteiger partial charge is 0.220 e. The third kappa shape index (κ3) is 6.52. The first kappa shape index (κ1) is 20.1. The lowest BCUT2D eigenvalue weighted by Gasteiger charge is -2.30. The molecule has 8 heteroatoms. The lowest BCUT2D eigenvalue weighted by atomic mass is 9.98. The summed E-state index contributed by atoms with van der Waals surface area (Å²) in [6.07, 6.45) is 3.05. The van der Waals surface area contributed by atoms with E-state index in [4.69, 9.17) is 0 Å². The fourth-order valence-corrected chi connectivity index (χ4v) is 3.94. The second-order valence-electron chi connectivity index (χ2n) is 6.34. The molecule has 2 rings (SSSR count). The van der Waals surface area contributed by atoms with Crippen molar-refractivity contribution in [1.29, 1.82) is 0 Å². The van der Waals surface area contributed by atoms with Crippen molar-refractivity contribution in [3.8, 4) is 0 Å². The quantitative estimate of drug-likeness (QED) is 0.671. The number of hydrogen-bond donors (Lipinski definition) is 1. The van der Waals surface area contributed by atoms with Crippen molar-refractivity contribution in [2.75, 3.05) is 25.9 Å². The van der Waals surface area contributed by atoms with Crippen LogP contribution in [-0.4, -0.2) is 50.3 Å². The molecule has 1 saturated heterocycles. The van der Waals surface area contributed by atoms with E-state index >= 15 is 0 Å². The number of Topliss-reactive ketones (excluding diaryl/α,β-unsaturated/α-hetero) is 1. The maximum atomic E-state index is 12.0. The molecule has 1 aliphatic heterocycles. The maximum absolute atomic E-state index is 12.0. The van der Waals surface area contributed by atoms with Gasteiger partial charge in [-0.05, 0) is 30.9 Å².